The molecule has 2 aromatic rings. The van der Waals surface area contributed by atoms with E-state index in [4.69, 9.17) is 4.74 Å². The molecule has 27 heavy (non-hydrogen) atoms. The minimum absolute atomic E-state index is 0.0148. The van der Waals surface area contributed by atoms with E-state index in [2.05, 4.69) is 10.8 Å². The number of carbonyl (C=O) groups excluding carboxylic acids is 1. The van der Waals surface area contributed by atoms with Crippen LogP contribution in [0.15, 0.2) is 52.3 Å². The number of nitrogens with one attached hydrogen (secondary N) is 1. The zero-order valence-electron chi connectivity index (χ0n) is 15.0. The summed E-state index contributed by atoms with van der Waals surface area (Å²) in [7, 11) is -4.96. The third-order valence-electron chi connectivity index (χ3n) is 3.52. The van der Waals surface area contributed by atoms with Crippen molar-refractivity contribution in [2.45, 2.75) is 16.7 Å². The number of carbonyl (C=O) groups is 1. The Kier molecular flexibility index (Phi) is 6.24. The first-order valence-electron chi connectivity index (χ1n) is 7.82. The van der Waals surface area contributed by atoms with Gasteiger partial charge in [-0.2, -0.15) is 0 Å². The van der Waals surface area contributed by atoms with Crippen LogP contribution in [0.1, 0.15) is 17.3 Å². The van der Waals surface area contributed by atoms with Gasteiger partial charge in [0, 0.05) is 14.1 Å². The highest BCUT2D eigenvalue weighted by Gasteiger charge is 2.21. The zero-order chi connectivity index (χ0) is 20.2. The van der Waals surface area contributed by atoms with Gasteiger partial charge < -0.3 is 4.74 Å². The Morgan fingerprint density at radius 3 is 2.22 bits per heavy atom. The Labute approximate surface area is 158 Å². The lowest BCUT2D eigenvalue weighted by atomic mass is 10.2. The summed E-state index contributed by atoms with van der Waals surface area (Å²) in [5.74, 6) is -0.670. The van der Waals surface area contributed by atoms with Crippen LogP contribution in [0.5, 0.6) is 0 Å². The van der Waals surface area contributed by atoms with E-state index in [1.807, 2.05) is 0 Å². The normalized spacial score (nSPS) is 12.0. The molecule has 8 nitrogen and oxygen atoms in total. The fourth-order valence-corrected chi connectivity index (χ4v) is 4.08. The van der Waals surface area contributed by atoms with E-state index in [0.717, 1.165) is 4.31 Å². The molecule has 0 aromatic heterocycles. The van der Waals surface area contributed by atoms with E-state index in [1.165, 1.54) is 56.6 Å². The average molecular weight is 411 g/mol. The molecular formula is C17H19N2O6S2. The molecule has 0 fully saturated rings. The highest BCUT2D eigenvalue weighted by molar-refractivity contribution is 7.92. The van der Waals surface area contributed by atoms with Crippen LogP contribution >= 0.6 is 0 Å². The maximum Gasteiger partial charge on any atom is 0.340 e. The first-order valence-corrected chi connectivity index (χ1v) is 10.7. The number of hydrogen-bond acceptors (Lipinski definition) is 6. The molecule has 0 amide bonds. The van der Waals surface area contributed by atoms with Crippen LogP contribution in [0.2, 0.25) is 0 Å². The molecular weight excluding hydrogens is 392 g/mol. The molecule has 1 N–H and O–H groups in total. The number of nitrogens with zero attached hydrogens (tertiary/aromatic N) is 1. The van der Waals surface area contributed by atoms with E-state index >= 15 is 0 Å². The summed E-state index contributed by atoms with van der Waals surface area (Å²) >= 11 is 0. The van der Waals surface area contributed by atoms with E-state index < -0.39 is 26.0 Å². The topological polar surface area (TPSA) is 110 Å². The highest BCUT2D eigenvalue weighted by Crippen LogP contribution is 2.22. The van der Waals surface area contributed by atoms with Gasteiger partial charge in [0.15, 0.2) is 0 Å². The molecule has 145 valence electrons. The number of esters is 1. The van der Waals surface area contributed by atoms with E-state index in [0.29, 0.717) is 0 Å². The Morgan fingerprint density at radius 1 is 1.07 bits per heavy atom. The van der Waals surface area contributed by atoms with Crippen molar-refractivity contribution in [3.8, 4) is 0 Å². The second-order valence-electron chi connectivity index (χ2n) is 5.56. The molecule has 0 bridgehead atoms. The van der Waals surface area contributed by atoms with Gasteiger partial charge in [-0.15, -0.1) is 0 Å². The van der Waals surface area contributed by atoms with Crippen LogP contribution in [0.4, 0.5) is 5.69 Å². The van der Waals surface area contributed by atoms with Crippen LogP contribution < -0.4 is 4.72 Å². The van der Waals surface area contributed by atoms with E-state index in [1.54, 1.807) is 6.92 Å². The van der Waals surface area contributed by atoms with E-state index in [9.17, 15) is 21.6 Å². The van der Waals surface area contributed by atoms with Gasteiger partial charge >= 0.3 is 5.97 Å². The lowest BCUT2D eigenvalue weighted by molar-refractivity contribution is 0.0527. The number of benzene rings is 2. The molecule has 0 atom stereocenters. The lowest BCUT2D eigenvalue weighted by Crippen LogP contribution is -2.22. The SMILES string of the molecule is CCOC(=O)c1cc[c]cc1NS(=O)(=O)c1ccc(S(=O)(=O)N(C)C)cc1. The van der Waals surface area contributed by atoms with Gasteiger partial charge in [0.2, 0.25) is 10.0 Å². The minimum atomic E-state index is -4.05. The number of ether oxygens (including phenoxy) is 1. The summed E-state index contributed by atoms with van der Waals surface area (Å²) < 4.78 is 57.6. The zero-order valence-corrected chi connectivity index (χ0v) is 16.6. The predicted octanol–water partition coefficient (Wildman–Crippen LogP) is 1.71. The van der Waals surface area contributed by atoms with Crippen LogP contribution in [0, 0.1) is 6.07 Å². The Balaban J connectivity index is 2.35. The van der Waals surface area contributed by atoms with Gasteiger partial charge in [0.05, 0.1) is 27.6 Å². The lowest BCUT2D eigenvalue weighted by Gasteiger charge is -2.13. The minimum Gasteiger partial charge on any atom is -0.462 e. The molecule has 10 heteroatoms. The molecule has 2 rings (SSSR count). The van der Waals surface area contributed by atoms with Crippen molar-refractivity contribution < 1.29 is 26.4 Å². The van der Waals surface area contributed by atoms with Crippen molar-refractivity contribution >= 4 is 31.7 Å². The van der Waals surface area contributed by atoms with E-state index in [-0.39, 0.29) is 27.6 Å². The molecule has 0 spiro atoms. The fourth-order valence-electron chi connectivity index (χ4n) is 2.11. The predicted molar refractivity (Wildman–Crippen MR) is 99.4 cm³/mol. The third-order valence-corrected chi connectivity index (χ3v) is 6.73. The molecule has 2 aromatic carbocycles. The number of sulfonamides is 2. The highest BCUT2D eigenvalue weighted by atomic mass is 32.2. The molecule has 0 aliphatic rings. The summed E-state index contributed by atoms with van der Waals surface area (Å²) in [6, 6.07) is 11.6. The van der Waals surface area contributed by atoms with Crippen molar-refractivity contribution in [2.24, 2.45) is 0 Å². The van der Waals surface area contributed by atoms with Crippen molar-refractivity contribution in [2.75, 3.05) is 25.4 Å². The van der Waals surface area contributed by atoms with Crippen LogP contribution in [0.3, 0.4) is 0 Å². The van der Waals surface area contributed by atoms with Crippen molar-refractivity contribution in [1.29, 1.82) is 0 Å². The number of anilines is 1. The number of hydrogen-bond donors (Lipinski definition) is 1. The first-order chi connectivity index (χ1) is 12.6. The summed E-state index contributed by atoms with van der Waals surface area (Å²) in [6.45, 7) is 1.78. The van der Waals surface area contributed by atoms with Gasteiger partial charge in [-0.05, 0) is 49.4 Å². The van der Waals surface area contributed by atoms with Gasteiger partial charge in [0.1, 0.15) is 0 Å². The summed E-state index contributed by atoms with van der Waals surface area (Å²) in [5.41, 5.74) is 0.0620. The molecule has 0 aliphatic carbocycles. The third kappa shape index (κ3) is 4.65. The van der Waals surface area contributed by atoms with Gasteiger partial charge in [-0.3, -0.25) is 4.72 Å². The second kappa shape index (κ2) is 8.07. The standard InChI is InChI=1S/C17H19N2O6S2/c1-4-25-17(20)15-7-5-6-8-16(15)18-26(21,22)13-9-11-14(12-10-13)27(23,24)19(2)3/h5,7-12,18H,4H2,1-3H3. The van der Waals surface area contributed by atoms with Crippen molar-refractivity contribution in [3.05, 3.63) is 54.1 Å². The van der Waals surface area contributed by atoms with Crippen LogP contribution in [-0.2, 0) is 24.8 Å². The Hall–Kier alpha value is -2.43. The molecule has 0 unspecified atom stereocenters. The molecule has 1 radical (unpaired) electrons. The van der Waals surface area contributed by atoms with Crippen LogP contribution in [-0.4, -0.2) is 47.8 Å². The molecule has 0 saturated carbocycles. The molecule has 0 aliphatic heterocycles. The Bertz CT molecular complexity index is 1030. The maximum atomic E-state index is 12.6. The Morgan fingerprint density at radius 2 is 1.67 bits per heavy atom. The first kappa shape index (κ1) is 20.9. The fraction of sp³-hybridized carbons (Fsp3) is 0.235. The number of rotatable bonds is 7. The maximum absolute atomic E-state index is 12.6. The smallest absolute Gasteiger partial charge is 0.340 e. The molecule has 0 saturated heterocycles. The summed E-state index contributed by atoms with van der Waals surface area (Å²) in [4.78, 5) is 11.8. The summed E-state index contributed by atoms with van der Waals surface area (Å²) in [5, 5.41) is 0. The van der Waals surface area contributed by atoms with Gasteiger partial charge in [-0.25, -0.2) is 25.9 Å². The summed E-state index contributed by atoms with van der Waals surface area (Å²) in [6.07, 6.45) is 0. The quantitative estimate of drug-likeness (QED) is 0.695. The van der Waals surface area contributed by atoms with Crippen LogP contribution in [0.25, 0.3) is 0 Å². The van der Waals surface area contributed by atoms with Crippen molar-refractivity contribution in [1.82, 2.24) is 4.31 Å². The van der Waals surface area contributed by atoms with Gasteiger partial charge in [0.25, 0.3) is 10.0 Å². The molecule has 0 heterocycles. The second-order valence-corrected chi connectivity index (χ2v) is 9.39. The monoisotopic (exact) mass is 411 g/mol. The average Bonchev–Trinajstić information content (AvgIpc) is 2.62. The largest absolute Gasteiger partial charge is 0.462 e. The van der Waals surface area contributed by atoms with Gasteiger partial charge in [-0.1, -0.05) is 6.07 Å². The van der Waals surface area contributed by atoms with Crippen molar-refractivity contribution in [3.63, 3.8) is 0 Å².